The van der Waals surface area contributed by atoms with Gasteiger partial charge in [-0.05, 0) is 23.9 Å². The molecule has 2 heterocycles. The summed E-state index contributed by atoms with van der Waals surface area (Å²) in [6, 6.07) is 2.08. The minimum Gasteiger partial charge on any atom is -0.341 e. The lowest BCUT2D eigenvalue weighted by Gasteiger charge is -2.16. The van der Waals surface area contributed by atoms with E-state index in [1.807, 2.05) is 11.6 Å². The van der Waals surface area contributed by atoms with Crippen LogP contribution in [0.1, 0.15) is 16.9 Å². The van der Waals surface area contributed by atoms with Gasteiger partial charge in [-0.25, -0.2) is 0 Å². The topological polar surface area (TPSA) is 51.0 Å². The predicted molar refractivity (Wildman–Crippen MR) is 70.2 cm³/mol. The van der Waals surface area contributed by atoms with Crippen molar-refractivity contribution in [3.8, 4) is 0 Å². The maximum absolute atomic E-state index is 12.0. The first kappa shape index (κ1) is 12.8. The van der Waals surface area contributed by atoms with Crippen molar-refractivity contribution in [2.45, 2.75) is 26.4 Å². The lowest BCUT2D eigenvalue weighted by Crippen LogP contribution is -2.26. The summed E-state index contributed by atoms with van der Waals surface area (Å²) in [6.07, 6.45) is 3.71. The Morgan fingerprint density at radius 3 is 2.78 bits per heavy atom. The molecule has 0 bridgehead atoms. The summed E-state index contributed by atoms with van der Waals surface area (Å²) in [6.45, 7) is 3.38. The minimum absolute atomic E-state index is 0.136. The second-order valence-corrected chi connectivity index (χ2v) is 5.23. The van der Waals surface area contributed by atoms with E-state index in [4.69, 9.17) is 0 Å². The van der Waals surface area contributed by atoms with Gasteiger partial charge in [-0.3, -0.25) is 4.79 Å². The van der Waals surface area contributed by atoms with E-state index in [2.05, 4.69) is 28.6 Å². The first-order valence-electron chi connectivity index (χ1n) is 5.76. The Kier molecular flexibility index (Phi) is 4.09. The standard InChI is InChI=1S/C12H16N4OS/c1-10-4-6-18-11(10)7-15(2)12(17)3-5-16-8-13-14-9-16/h4,6,8-9H,3,5,7H2,1-2H3. The molecule has 0 N–H and O–H groups in total. The highest BCUT2D eigenvalue weighted by Crippen LogP contribution is 2.17. The van der Waals surface area contributed by atoms with Crippen LogP contribution in [0.4, 0.5) is 0 Å². The van der Waals surface area contributed by atoms with E-state index in [-0.39, 0.29) is 5.91 Å². The van der Waals surface area contributed by atoms with Crippen molar-refractivity contribution in [3.63, 3.8) is 0 Å². The van der Waals surface area contributed by atoms with Crippen molar-refractivity contribution >= 4 is 17.2 Å². The number of thiophene rings is 1. The van der Waals surface area contributed by atoms with Gasteiger partial charge < -0.3 is 9.47 Å². The van der Waals surface area contributed by atoms with Crippen LogP contribution in [0.2, 0.25) is 0 Å². The van der Waals surface area contributed by atoms with Crippen LogP contribution in [0.15, 0.2) is 24.1 Å². The normalized spacial score (nSPS) is 10.6. The molecule has 0 aliphatic heterocycles. The van der Waals surface area contributed by atoms with E-state index in [9.17, 15) is 4.79 Å². The van der Waals surface area contributed by atoms with E-state index in [1.165, 1.54) is 10.4 Å². The van der Waals surface area contributed by atoms with E-state index >= 15 is 0 Å². The van der Waals surface area contributed by atoms with Crippen molar-refractivity contribution in [3.05, 3.63) is 34.5 Å². The smallest absolute Gasteiger partial charge is 0.224 e. The van der Waals surface area contributed by atoms with E-state index in [0.717, 1.165) is 0 Å². The summed E-state index contributed by atoms with van der Waals surface area (Å²) in [4.78, 5) is 15.0. The third-order valence-corrected chi connectivity index (χ3v) is 3.83. The maximum atomic E-state index is 12.0. The number of hydrogen-bond donors (Lipinski definition) is 0. The third-order valence-electron chi connectivity index (χ3n) is 2.83. The van der Waals surface area contributed by atoms with Crippen molar-refractivity contribution < 1.29 is 4.79 Å². The Hall–Kier alpha value is -1.69. The largest absolute Gasteiger partial charge is 0.341 e. The molecule has 0 fully saturated rings. The molecule has 0 aliphatic rings. The van der Waals surface area contributed by atoms with Crippen molar-refractivity contribution in [2.75, 3.05) is 7.05 Å². The van der Waals surface area contributed by atoms with Gasteiger partial charge in [0.2, 0.25) is 5.91 Å². The first-order valence-corrected chi connectivity index (χ1v) is 6.64. The number of amides is 1. The van der Waals surface area contributed by atoms with Gasteiger partial charge >= 0.3 is 0 Å². The molecule has 5 nitrogen and oxygen atoms in total. The molecule has 0 spiro atoms. The average Bonchev–Trinajstić information content (AvgIpc) is 2.99. The summed E-state index contributed by atoms with van der Waals surface area (Å²) < 4.78 is 1.81. The van der Waals surface area contributed by atoms with Crippen LogP contribution in [0.5, 0.6) is 0 Å². The Morgan fingerprint density at radius 2 is 2.17 bits per heavy atom. The van der Waals surface area contributed by atoms with Gasteiger partial charge in [0.15, 0.2) is 0 Å². The molecular formula is C12H16N4OS. The van der Waals surface area contributed by atoms with Gasteiger partial charge in [0.05, 0.1) is 6.54 Å². The van der Waals surface area contributed by atoms with Crippen LogP contribution in [-0.2, 0) is 17.9 Å². The lowest BCUT2D eigenvalue weighted by molar-refractivity contribution is -0.130. The summed E-state index contributed by atoms with van der Waals surface area (Å²) in [5, 5.41) is 9.47. The van der Waals surface area contributed by atoms with Crippen molar-refractivity contribution in [1.82, 2.24) is 19.7 Å². The van der Waals surface area contributed by atoms with Crippen LogP contribution >= 0.6 is 11.3 Å². The van der Waals surface area contributed by atoms with Crippen molar-refractivity contribution in [1.29, 1.82) is 0 Å². The molecule has 2 aromatic heterocycles. The molecule has 0 aromatic carbocycles. The van der Waals surface area contributed by atoms with Gasteiger partial charge in [0.1, 0.15) is 12.7 Å². The zero-order valence-corrected chi connectivity index (χ0v) is 11.4. The van der Waals surface area contributed by atoms with Crippen LogP contribution in [-0.4, -0.2) is 32.6 Å². The molecule has 0 aliphatic carbocycles. The first-order chi connectivity index (χ1) is 8.66. The fraction of sp³-hybridized carbons (Fsp3) is 0.417. The number of hydrogen-bond acceptors (Lipinski definition) is 4. The summed E-state index contributed by atoms with van der Waals surface area (Å²) in [5.74, 6) is 0.136. The van der Waals surface area contributed by atoms with E-state index in [0.29, 0.717) is 19.5 Å². The lowest BCUT2D eigenvalue weighted by atomic mass is 10.2. The second-order valence-electron chi connectivity index (χ2n) is 4.23. The van der Waals surface area contributed by atoms with Gasteiger partial charge in [0, 0.05) is 24.9 Å². The second kappa shape index (κ2) is 5.77. The number of aryl methyl sites for hydroxylation is 2. The number of carbonyl (C=O) groups is 1. The molecule has 96 valence electrons. The van der Waals surface area contributed by atoms with Crippen LogP contribution in [0.25, 0.3) is 0 Å². The highest BCUT2D eigenvalue weighted by atomic mass is 32.1. The molecule has 1 amide bonds. The zero-order valence-electron chi connectivity index (χ0n) is 10.5. The van der Waals surface area contributed by atoms with E-state index < -0.39 is 0 Å². The number of rotatable bonds is 5. The fourth-order valence-electron chi connectivity index (χ4n) is 1.62. The molecule has 18 heavy (non-hydrogen) atoms. The molecule has 6 heteroatoms. The van der Waals surface area contributed by atoms with Gasteiger partial charge in [-0.2, -0.15) is 0 Å². The van der Waals surface area contributed by atoms with Crippen LogP contribution < -0.4 is 0 Å². The molecule has 2 aromatic rings. The molecular weight excluding hydrogens is 248 g/mol. The SMILES string of the molecule is Cc1ccsc1CN(C)C(=O)CCn1cnnc1. The summed E-state index contributed by atoms with van der Waals surface area (Å²) in [5.41, 5.74) is 1.25. The van der Waals surface area contributed by atoms with Crippen LogP contribution in [0, 0.1) is 6.92 Å². The number of aromatic nitrogens is 3. The third kappa shape index (κ3) is 3.16. The molecule has 0 saturated heterocycles. The molecule has 0 unspecified atom stereocenters. The summed E-state index contributed by atoms with van der Waals surface area (Å²) in [7, 11) is 1.84. The van der Waals surface area contributed by atoms with E-state index in [1.54, 1.807) is 28.9 Å². The molecule has 2 rings (SSSR count). The minimum atomic E-state index is 0.136. The Bertz CT molecular complexity index is 506. The Balaban J connectivity index is 1.83. The highest BCUT2D eigenvalue weighted by Gasteiger charge is 2.11. The average molecular weight is 264 g/mol. The monoisotopic (exact) mass is 264 g/mol. The quantitative estimate of drug-likeness (QED) is 0.826. The van der Waals surface area contributed by atoms with Crippen LogP contribution in [0.3, 0.4) is 0 Å². The zero-order chi connectivity index (χ0) is 13.0. The molecule has 0 radical (unpaired) electrons. The Morgan fingerprint density at radius 1 is 1.44 bits per heavy atom. The molecule has 0 saturated carbocycles. The number of carbonyl (C=O) groups excluding carboxylic acids is 1. The highest BCUT2D eigenvalue weighted by molar-refractivity contribution is 7.10. The van der Waals surface area contributed by atoms with Gasteiger partial charge in [-0.1, -0.05) is 0 Å². The van der Waals surface area contributed by atoms with Gasteiger partial charge in [0.25, 0.3) is 0 Å². The Labute approximate surface area is 110 Å². The molecule has 0 atom stereocenters. The summed E-state index contributed by atoms with van der Waals surface area (Å²) >= 11 is 1.69. The van der Waals surface area contributed by atoms with Gasteiger partial charge in [-0.15, -0.1) is 21.5 Å². The number of nitrogens with zero attached hydrogens (tertiary/aromatic N) is 4. The fourth-order valence-corrected chi connectivity index (χ4v) is 2.58. The maximum Gasteiger partial charge on any atom is 0.224 e. The predicted octanol–water partition coefficient (Wildman–Crippen LogP) is 1.70. The van der Waals surface area contributed by atoms with Crippen molar-refractivity contribution in [2.24, 2.45) is 0 Å².